The molecule has 0 radical (unpaired) electrons. The van der Waals surface area contributed by atoms with Crippen LogP contribution >= 0.6 is 0 Å². The van der Waals surface area contributed by atoms with E-state index < -0.39 is 12.0 Å². The van der Waals surface area contributed by atoms with Crippen LogP contribution in [0.25, 0.3) is 11.3 Å². The molecular formula is C23H29NO4. The molecule has 0 fully saturated rings. The van der Waals surface area contributed by atoms with Gasteiger partial charge in [0.05, 0.1) is 12.3 Å². The first-order chi connectivity index (χ1) is 13.1. The van der Waals surface area contributed by atoms with Crippen LogP contribution in [-0.2, 0) is 9.53 Å². The summed E-state index contributed by atoms with van der Waals surface area (Å²) in [5.41, 5.74) is 2.85. The maximum absolute atomic E-state index is 13.0. The second-order valence-electron chi connectivity index (χ2n) is 8.30. The van der Waals surface area contributed by atoms with Gasteiger partial charge in [-0.2, -0.15) is 0 Å². The van der Waals surface area contributed by atoms with E-state index in [1.165, 1.54) is 10.6 Å². The fraction of sp³-hybridized carbons (Fsp3) is 0.435. The number of hydrogen-bond acceptors (Lipinski definition) is 4. The van der Waals surface area contributed by atoms with E-state index in [4.69, 9.17) is 4.74 Å². The molecule has 0 N–H and O–H groups in total. The van der Waals surface area contributed by atoms with Gasteiger partial charge in [-0.1, -0.05) is 50.6 Å². The first kappa shape index (κ1) is 21.6. The van der Waals surface area contributed by atoms with Gasteiger partial charge in [-0.3, -0.25) is 14.2 Å². The molecule has 150 valence electrons. The number of carbonyl (C=O) groups excluding carboxylic acids is 2. The van der Waals surface area contributed by atoms with Crippen molar-refractivity contribution in [1.29, 1.82) is 0 Å². The summed E-state index contributed by atoms with van der Waals surface area (Å²) < 4.78 is 6.79. The van der Waals surface area contributed by atoms with Crippen molar-refractivity contribution in [2.24, 2.45) is 5.41 Å². The fourth-order valence-electron chi connectivity index (χ4n) is 3.34. The van der Waals surface area contributed by atoms with E-state index in [1.54, 1.807) is 13.8 Å². The lowest BCUT2D eigenvalue weighted by Crippen LogP contribution is -2.35. The molecule has 1 aromatic heterocycles. The van der Waals surface area contributed by atoms with Crippen molar-refractivity contribution >= 4 is 12.3 Å². The number of pyridine rings is 1. The number of ether oxygens (including phenoxy) is 1. The zero-order chi connectivity index (χ0) is 21.1. The highest BCUT2D eigenvalue weighted by Gasteiger charge is 2.31. The van der Waals surface area contributed by atoms with Crippen molar-refractivity contribution in [2.45, 2.75) is 54.0 Å². The van der Waals surface area contributed by atoms with E-state index in [-0.39, 0.29) is 17.6 Å². The number of benzene rings is 1. The zero-order valence-electron chi connectivity index (χ0n) is 17.5. The second kappa shape index (κ2) is 8.55. The third-order valence-electron chi connectivity index (χ3n) is 4.67. The van der Waals surface area contributed by atoms with E-state index in [0.717, 1.165) is 11.1 Å². The third kappa shape index (κ3) is 4.77. The summed E-state index contributed by atoms with van der Waals surface area (Å²) in [5.74, 6) is -0.439. The van der Waals surface area contributed by atoms with Crippen molar-refractivity contribution < 1.29 is 14.3 Å². The molecule has 0 aliphatic rings. The Kier molecular flexibility index (Phi) is 6.60. The molecule has 0 aliphatic carbocycles. The summed E-state index contributed by atoms with van der Waals surface area (Å²) in [4.78, 5) is 37.4. The third-order valence-corrected chi connectivity index (χ3v) is 4.67. The highest BCUT2D eigenvalue weighted by molar-refractivity contribution is 5.83. The summed E-state index contributed by atoms with van der Waals surface area (Å²) in [7, 11) is 0. The first-order valence-corrected chi connectivity index (χ1v) is 9.54. The Hall–Kier alpha value is -2.69. The summed E-state index contributed by atoms with van der Waals surface area (Å²) in [6.07, 6.45) is 1.12. The summed E-state index contributed by atoms with van der Waals surface area (Å²) in [5, 5.41) is 0. The highest BCUT2D eigenvalue weighted by Crippen LogP contribution is 2.33. The first-order valence-electron chi connectivity index (χ1n) is 9.54. The van der Waals surface area contributed by atoms with Crippen LogP contribution in [-0.4, -0.2) is 23.4 Å². The van der Waals surface area contributed by atoms with Gasteiger partial charge < -0.3 is 4.74 Å². The van der Waals surface area contributed by atoms with Gasteiger partial charge in [0.15, 0.2) is 6.29 Å². The summed E-state index contributed by atoms with van der Waals surface area (Å²) in [6, 6.07) is 8.22. The fourth-order valence-corrected chi connectivity index (χ4v) is 3.34. The minimum atomic E-state index is -0.775. The normalized spacial score (nSPS) is 12.5. The standard InChI is InChI=1S/C23H29NO4/c1-7-28-22(27)19(13-23(4,5)6)24-20(26)12-18(14-25)16(3)21(24)17-10-8-15(2)9-11-17/h8-12,14,19H,7,13H2,1-6H3. The minimum Gasteiger partial charge on any atom is -0.464 e. The number of hydrogen-bond donors (Lipinski definition) is 0. The number of aromatic nitrogens is 1. The average Bonchev–Trinajstić information content (AvgIpc) is 2.61. The Morgan fingerprint density at radius 3 is 2.29 bits per heavy atom. The van der Waals surface area contributed by atoms with Crippen LogP contribution in [0.2, 0.25) is 0 Å². The number of carbonyl (C=O) groups is 2. The molecule has 2 aromatic rings. The summed E-state index contributed by atoms with van der Waals surface area (Å²) in [6.45, 7) is 11.8. The molecule has 5 nitrogen and oxygen atoms in total. The van der Waals surface area contributed by atoms with Crippen LogP contribution in [0.3, 0.4) is 0 Å². The van der Waals surface area contributed by atoms with E-state index in [9.17, 15) is 14.4 Å². The van der Waals surface area contributed by atoms with Crippen molar-refractivity contribution in [3.05, 3.63) is 57.4 Å². The quantitative estimate of drug-likeness (QED) is 0.545. The monoisotopic (exact) mass is 383 g/mol. The van der Waals surface area contributed by atoms with Crippen molar-refractivity contribution in [3.8, 4) is 11.3 Å². The number of aryl methyl sites for hydroxylation is 1. The van der Waals surface area contributed by atoms with Crippen molar-refractivity contribution in [2.75, 3.05) is 6.61 Å². The molecule has 1 atom stereocenters. The van der Waals surface area contributed by atoms with E-state index in [1.807, 2.05) is 52.0 Å². The second-order valence-corrected chi connectivity index (χ2v) is 8.30. The Labute approximate surface area is 166 Å². The SMILES string of the molecule is CCOC(=O)C(CC(C)(C)C)n1c(-c2ccc(C)cc2)c(C)c(C=O)cc1=O. The van der Waals surface area contributed by atoms with Crippen LogP contribution in [0.4, 0.5) is 0 Å². The smallest absolute Gasteiger partial charge is 0.329 e. The van der Waals surface area contributed by atoms with Gasteiger partial charge in [-0.05, 0) is 43.7 Å². The molecule has 1 heterocycles. The van der Waals surface area contributed by atoms with Gasteiger partial charge >= 0.3 is 5.97 Å². The van der Waals surface area contributed by atoms with E-state index in [2.05, 4.69) is 0 Å². The maximum Gasteiger partial charge on any atom is 0.329 e. The number of aldehydes is 1. The molecule has 1 aromatic carbocycles. The maximum atomic E-state index is 13.0. The Bertz CT molecular complexity index is 917. The molecule has 0 bridgehead atoms. The van der Waals surface area contributed by atoms with E-state index >= 15 is 0 Å². The predicted molar refractivity (Wildman–Crippen MR) is 111 cm³/mol. The molecule has 28 heavy (non-hydrogen) atoms. The molecule has 5 heteroatoms. The Balaban J connectivity index is 2.83. The molecule has 0 saturated heterocycles. The highest BCUT2D eigenvalue weighted by atomic mass is 16.5. The minimum absolute atomic E-state index is 0.210. The molecule has 0 saturated carbocycles. The lowest BCUT2D eigenvalue weighted by molar-refractivity contribution is -0.148. The Morgan fingerprint density at radius 2 is 1.79 bits per heavy atom. The Morgan fingerprint density at radius 1 is 1.18 bits per heavy atom. The topological polar surface area (TPSA) is 65.4 Å². The van der Waals surface area contributed by atoms with Gasteiger partial charge in [0.2, 0.25) is 0 Å². The average molecular weight is 383 g/mol. The van der Waals surface area contributed by atoms with Gasteiger partial charge in [-0.25, -0.2) is 4.79 Å². The van der Waals surface area contributed by atoms with Gasteiger partial charge in [0, 0.05) is 11.6 Å². The number of nitrogens with zero attached hydrogens (tertiary/aromatic N) is 1. The molecular weight excluding hydrogens is 354 g/mol. The van der Waals surface area contributed by atoms with Crippen LogP contribution in [0.5, 0.6) is 0 Å². The van der Waals surface area contributed by atoms with Gasteiger partial charge in [-0.15, -0.1) is 0 Å². The lowest BCUT2D eigenvalue weighted by Gasteiger charge is -2.29. The van der Waals surface area contributed by atoms with Crippen LogP contribution in [0, 0.1) is 19.3 Å². The van der Waals surface area contributed by atoms with Crippen LogP contribution < -0.4 is 5.56 Å². The lowest BCUT2D eigenvalue weighted by atomic mass is 9.87. The van der Waals surface area contributed by atoms with Gasteiger partial charge in [0.25, 0.3) is 5.56 Å². The van der Waals surface area contributed by atoms with Crippen LogP contribution in [0.15, 0.2) is 35.1 Å². The molecule has 0 aliphatic heterocycles. The summed E-state index contributed by atoms with van der Waals surface area (Å²) >= 11 is 0. The molecule has 1 unspecified atom stereocenters. The van der Waals surface area contributed by atoms with Gasteiger partial charge in [0.1, 0.15) is 6.04 Å². The molecule has 0 spiro atoms. The van der Waals surface area contributed by atoms with Crippen molar-refractivity contribution in [3.63, 3.8) is 0 Å². The predicted octanol–water partition coefficient (Wildman–Crippen LogP) is 4.49. The largest absolute Gasteiger partial charge is 0.464 e. The van der Waals surface area contributed by atoms with E-state index in [0.29, 0.717) is 29.5 Å². The molecule has 0 amide bonds. The van der Waals surface area contributed by atoms with Crippen molar-refractivity contribution in [1.82, 2.24) is 4.57 Å². The zero-order valence-corrected chi connectivity index (χ0v) is 17.5. The number of rotatable bonds is 6. The molecule has 2 rings (SSSR count). The number of esters is 1. The van der Waals surface area contributed by atoms with Crippen LogP contribution in [0.1, 0.15) is 61.6 Å².